The van der Waals surface area contributed by atoms with Gasteiger partial charge in [-0.25, -0.2) is 0 Å². The molecule has 2 nitrogen and oxygen atoms in total. The van der Waals surface area contributed by atoms with Gasteiger partial charge >= 0.3 is 0 Å². The van der Waals surface area contributed by atoms with E-state index in [0.29, 0.717) is 0 Å². The zero-order valence-electron chi connectivity index (χ0n) is 5.31. The van der Waals surface area contributed by atoms with Gasteiger partial charge in [-0.15, -0.1) is 0 Å². The summed E-state index contributed by atoms with van der Waals surface area (Å²) in [5, 5.41) is 6.81. The van der Waals surface area contributed by atoms with Crippen LogP contribution in [0.25, 0.3) is 0 Å². The van der Waals surface area contributed by atoms with Gasteiger partial charge in [0.2, 0.25) is 0 Å². The molecular formula is C6H12N2. The Kier molecular flexibility index (Phi) is 2.42. The van der Waals surface area contributed by atoms with Crippen molar-refractivity contribution in [1.82, 2.24) is 0 Å². The molecule has 0 aromatic rings. The summed E-state index contributed by atoms with van der Waals surface area (Å²) in [5.41, 5.74) is 4.95. The summed E-state index contributed by atoms with van der Waals surface area (Å²) < 4.78 is 0. The molecule has 0 fully saturated rings. The molecule has 0 radical (unpaired) electrons. The van der Waals surface area contributed by atoms with Gasteiger partial charge in [0.25, 0.3) is 0 Å². The Morgan fingerprint density at radius 2 is 2.12 bits per heavy atom. The minimum absolute atomic E-state index is 0.547. The third-order valence-corrected chi connectivity index (χ3v) is 0.837. The van der Waals surface area contributed by atoms with Gasteiger partial charge in [0.15, 0.2) is 0 Å². The summed E-state index contributed by atoms with van der Waals surface area (Å²) >= 11 is 0. The molecule has 0 aromatic heterocycles. The second kappa shape index (κ2) is 2.62. The van der Waals surface area contributed by atoms with Crippen molar-refractivity contribution in [1.29, 1.82) is 5.41 Å². The van der Waals surface area contributed by atoms with Crippen molar-refractivity contribution in [2.24, 2.45) is 5.73 Å². The van der Waals surface area contributed by atoms with Crippen LogP contribution in [0, 0.1) is 5.41 Å². The smallest absolute Gasteiger partial charge is 0.0663 e. The fourth-order valence-electron chi connectivity index (χ4n) is 0.407. The molecule has 46 valence electrons. The molecule has 0 aliphatic carbocycles. The standard InChI is InChI=1S/C6H12N2/c1-3-4-6(2,8)5-7/h3-5,7H,8H2,1-2H3/b4-3-,7-5?. The van der Waals surface area contributed by atoms with Crippen molar-refractivity contribution < 1.29 is 0 Å². The molecular weight excluding hydrogens is 100 g/mol. The number of rotatable bonds is 2. The number of hydrogen-bond acceptors (Lipinski definition) is 2. The van der Waals surface area contributed by atoms with Gasteiger partial charge in [0.05, 0.1) is 5.54 Å². The summed E-state index contributed by atoms with van der Waals surface area (Å²) in [5.74, 6) is 0. The van der Waals surface area contributed by atoms with Crippen molar-refractivity contribution in [3.63, 3.8) is 0 Å². The molecule has 0 amide bonds. The molecule has 0 aliphatic heterocycles. The highest BCUT2D eigenvalue weighted by Gasteiger charge is 2.06. The lowest BCUT2D eigenvalue weighted by molar-refractivity contribution is 0.794. The predicted octanol–water partition coefficient (Wildman–Crippen LogP) is 0.929. The zero-order valence-corrected chi connectivity index (χ0v) is 5.31. The molecule has 0 bridgehead atoms. The van der Waals surface area contributed by atoms with E-state index in [4.69, 9.17) is 11.1 Å². The fourth-order valence-corrected chi connectivity index (χ4v) is 0.407. The van der Waals surface area contributed by atoms with Crippen LogP contribution in [0.3, 0.4) is 0 Å². The average molecular weight is 112 g/mol. The first-order valence-corrected chi connectivity index (χ1v) is 2.57. The number of nitrogens with two attached hydrogens (primary N) is 1. The van der Waals surface area contributed by atoms with E-state index in [0.717, 1.165) is 0 Å². The Bertz CT molecular complexity index is 103. The van der Waals surface area contributed by atoms with Gasteiger partial charge in [-0.2, -0.15) is 0 Å². The van der Waals surface area contributed by atoms with Crippen LogP contribution in [0.1, 0.15) is 13.8 Å². The second-order valence-electron chi connectivity index (χ2n) is 2.01. The van der Waals surface area contributed by atoms with Crippen molar-refractivity contribution in [3.8, 4) is 0 Å². The lowest BCUT2D eigenvalue weighted by Crippen LogP contribution is -2.34. The van der Waals surface area contributed by atoms with Gasteiger partial charge in [0, 0.05) is 6.21 Å². The molecule has 0 heterocycles. The van der Waals surface area contributed by atoms with Crippen LogP contribution in [-0.4, -0.2) is 11.8 Å². The van der Waals surface area contributed by atoms with Crippen LogP contribution in [-0.2, 0) is 0 Å². The summed E-state index contributed by atoms with van der Waals surface area (Å²) in [4.78, 5) is 0. The van der Waals surface area contributed by atoms with E-state index in [2.05, 4.69) is 0 Å². The van der Waals surface area contributed by atoms with Crippen molar-refractivity contribution in [2.75, 3.05) is 0 Å². The van der Waals surface area contributed by atoms with Crippen molar-refractivity contribution in [2.45, 2.75) is 19.4 Å². The number of nitrogens with one attached hydrogen (secondary N) is 1. The second-order valence-corrected chi connectivity index (χ2v) is 2.01. The molecule has 0 saturated carbocycles. The third kappa shape index (κ3) is 2.53. The van der Waals surface area contributed by atoms with Gasteiger partial charge in [-0.1, -0.05) is 12.2 Å². The van der Waals surface area contributed by atoms with Gasteiger partial charge in [-0.3, -0.25) is 0 Å². The third-order valence-electron chi connectivity index (χ3n) is 0.837. The largest absolute Gasteiger partial charge is 0.318 e. The summed E-state index contributed by atoms with van der Waals surface area (Å²) in [7, 11) is 0. The van der Waals surface area contributed by atoms with Crippen LogP contribution in [0.2, 0.25) is 0 Å². The molecule has 1 atom stereocenters. The van der Waals surface area contributed by atoms with Crippen LogP contribution in [0.5, 0.6) is 0 Å². The van der Waals surface area contributed by atoms with E-state index in [1.807, 2.05) is 13.0 Å². The number of hydrogen-bond donors (Lipinski definition) is 2. The highest BCUT2D eigenvalue weighted by Crippen LogP contribution is 1.94. The van der Waals surface area contributed by atoms with Crippen LogP contribution in [0.4, 0.5) is 0 Å². The lowest BCUT2D eigenvalue weighted by atomic mass is 10.1. The van der Waals surface area contributed by atoms with Gasteiger partial charge in [-0.05, 0) is 13.8 Å². The molecule has 0 aromatic carbocycles. The van der Waals surface area contributed by atoms with Gasteiger partial charge in [0.1, 0.15) is 0 Å². The monoisotopic (exact) mass is 112 g/mol. The first-order valence-electron chi connectivity index (χ1n) is 2.57. The van der Waals surface area contributed by atoms with Crippen LogP contribution in [0.15, 0.2) is 12.2 Å². The van der Waals surface area contributed by atoms with Crippen molar-refractivity contribution >= 4 is 6.21 Å². The van der Waals surface area contributed by atoms with Crippen LogP contribution < -0.4 is 5.73 Å². The Morgan fingerprint density at radius 1 is 1.62 bits per heavy atom. The zero-order chi connectivity index (χ0) is 6.62. The van der Waals surface area contributed by atoms with E-state index in [-0.39, 0.29) is 0 Å². The molecule has 8 heavy (non-hydrogen) atoms. The Balaban J connectivity index is 3.90. The van der Waals surface area contributed by atoms with E-state index in [1.165, 1.54) is 6.21 Å². The summed E-state index contributed by atoms with van der Waals surface area (Å²) in [6.45, 7) is 3.66. The Hall–Kier alpha value is -0.630. The minimum atomic E-state index is -0.547. The highest BCUT2D eigenvalue weighted by molar-refractivity contribution is 5.69. The number of allylic oxidation sites excluding steroid dienone is 1. The maximum Gasteiger partial charge on any atom is 0.0663 e. The molecule has 0 spiro atoms. The molecule has 3 N–H and O–H groups in total. The van der Waals surface area contributed by atoms with Crippen LogP contribution >= 0.6 is 0 Å². The first-order chi connectivity index (χ1) is 3.62. The van der Waals surface area contributed by atoms with E-state index < -0.39 is 5.54 Å². The molecule has 1 unspecified atom stereocenters. The van der Waals surface area contributed by atoms with E-state index in [1.54, 1.807) is 13.0 Å². The molecule has 0 aliphatic rings. The maximum absolute atomic E-state index is 6.81. The van der Waals surface area contributed by atoms with Gasteiger partial charge < -0.3 is 11.1 Å². The highest BCUT2D eigenvalue weighted by atomic mass is 14.7. The first kappa shape index (κ1) is 7.37. The maximum atomic E-state index is 6.81. The SMILES string of the molecule is C/C=C\C(C)(N)C=N. The summed E-state index contributed by atoms with van der Waals surface area (Å²) in [6.07, 6.45) is 4.83. The Labute approximate surface area is 49.9 Å². The minimum Gasteiger partial charge on any atom is -0.318 e. The fraction of sp³-hybridized carbons (Fsp3) is 0.500. The Morgan fingerprint density at radius 3 is 2.25 bits per heavy atom. The molecule has 0 rings (SSSR count). The normalized spacial score (nSPS) is 18.4. The average Bonchev–Trinajstić information content (AvgIpc) is 1.67. The molecule has 0 saturated heterocycles. The topological polar surface area (TPSA) is 49.9 Å². The predicted molar refractivity (Wildman–Crippen MR) is 36.2 cm³/mol. The van der Waals surface area contributed by atoms with E-state index in [9.17, 15) is 0 Å². The van der Waals surface area contributed by atoms with Crippen molar-refractivity contribution in [3.05, 3.63) is 12.2 Å². The van der Waals surface area contributed by atoms with E-state index >= 15 is 0 Å². The molecule has 2 heteroatoms. The summed E-state index contributed by atoms with van der Waals surface area (Å²) in [6, 6.07) is 0. The lowest BCUT2D eigenvalue weighted by Gasteiger charge is -2.10. The quantitative estimate of drug-likeness (QED) is 0.405.